The van der Waals surface area contributed by atoms with Crippen molar-refractivity contribution in [1.82, 2.24) is 0 Å². The smallest absolute Gasteiger partial charge is 1.00 e. The third-order valence-electron chi connectivity index (χ3n) is 7.29. The molecule has 0 heterocycles. The fourth-order valence-corrected chi connectivity index (χ4v) is 8.16. The maximum absolute atomic E-state index is 2.36. The molecule has 0 saturated heterocycles. The summed E-state index contributed by atoms with van der Waals surface area (Å²) in [5.41, 5.74) is 11.1. The van der Waals surface area contributed by atoms with Crippen LogP contribution in [0.1, 0.15) is 22.3 Å². The summed E-state index contributed by atoms with van der Waals surface area (Å²) in [4.78, 5) is 4.42. The van der Waals surface area contributed by atoms with Crippen molar-refractivity contribution in [3.8, 4) is 11.1 Å². The Morgan fingerprint density at radius 3 is 1.45 bits per heavy atom. The number of anilines is 2. The third kappa shape index (κ3) is 7.75. The van der Waals surface area contributed by atoms with Crippen molar-refractivity contribution < 1.29 is 58.9 Å². The van der Waals surface area contributed by atoms with Crippen molar-refractivity contribution in [2.75, 3.05) is 38.0 Å². The van der Waals surface area contributed by atoms with E-state index in [-0.39, 0.29) is 58.9 Å². The normalized spacial score (nSPS) is 10.0. The molecule has 0 aliphatic rings. The van der Waals surface area contributed by atoms with E-state index in [1.807, 2.05) is 0 Å². The van der Waals surface area contributed by atoms with Crippen LogP contribution in [-0.4, -0.2) is 37.0 Å². The summed E-state index contributed by atoms with van der Waals surface area (Å²) in [5.74, 6) is 0. The van der Waals surface area contributed by atoms with Gasteiger partial charge in [0.1, 0.15) is 0 Å². The molecule has 0 amide bonds. The molecule has 0 unspecified atom stereocenters. The van der Waals surface area contributed by atoms with Crippen LogP contribution in [0.2, 0.25) is 0 Å². The Bertz CT molecular complexity index is 1210. The van der Waals surface area contributed by atoms with Gasteiger partial charge in [0, 0.05) is 39.6 Å². The van der Waals surface area contributed by atoms with Gasteiger partial charge in [0.15, 0.2) is 0 Å². The Morgan fingerprint density at radius 1 is 0.632 bits per heavy atom. The minimum absolute atomic E-state index is 0. The van der Waals surface area contributed by atoms with Crippen LogP contribution in [0.4, 0.5) is 11.4 Å². The average molecular weight is 620 g/mol. The van der Waals surface area contributed by atoms with Crippen LogP contribution < -0.4 is 57.4 Å². The standard InChI is InChI=1S/C31H37N2Si.3ClH.Ti/c1-22-23(2)30(21-34(28-14-10-8-11-15-28)29-16-12-9-13-17-29)31(24(22)3)25-18-26(32(4)5)20-27(19-25)33(6)7;;;;/h8-20,34H,21H2,1-7H3;3*1H;/q-1;;;;+4/p-3. The molecule has 0 aliphatic carbocycles. The zero-order chi connectivity index (χ0) is 24.4. The van der Waals surface area contributed by atoms with Gasteiger partial charge in [0.25, 0.3) is 0 Å². The molecule has 38 heavy (non-hydrogen) atoms. The van der Waals surface area contributed by atoms with E-state index in [0.29, 0.717) is 0 Å². The molecule has 7 heteroatoms. The number of hydrogen-bond acceptors (Lipinski definition) is 2. The van der Waals surface area contributed by atoms with Crippen molar-refractivity contribution >= 4 is 30.5 Å². The molecule has 2 nitrogen and oxygen atoms in total. The first-order valence-electron chi connectivity index (χ1n) is 12.1. The van der Waals surface area contributed by atoms with E-state index in [9.17, 15) is 0 Å². The molecule has 4 aromatic carbocycles. The Morgan fingerprint density at radius 2 is 1.05 bits per heavy atom. The second-order valence-corrected chi connectivity index (χ2v) is 12.7. The minimum atomic E-state index is -1.45. The summed E-state index contributed by atoms with van der Waals surface area (Å²) in [7, 11) is 7.06. The number of halogens is 3. The minimum Gasteiger partial charge on any atom is -1.00 e. The van der Waals surface area contributed by atoms with E-state index in [1.165, 1.54) is 55.1 Å². The molecule has 0 aromatic heterocycles. The second kappa shape index (κ2) is 15.9. The van der Waals surface area contributed by atoms with Crippen LogP contribution >= 0.6 is 0 Å². The predicted octanol–water partition coefficient (Wildman–Crippen LogP) is -3.74. The van der Waals surface area contributed by atoms with Gasteiger partial charge in [-0.2, -0.15) is 11.1 Å². The van der Waals surface area contributed by atoms with Crippen LogP contribution in [0.25, 0.3) is 11.1 Å². The Labute approximate surface area is 264 Å². The van der Waals surface area contributed by atoms with Gasteiger partial charge in [0.05, 0.1) is 8.80 Å². The SMILES string of the molecule is Cc1c(C)c(-c2cc(N(C)C)cc(N(C)C)c2)[c-](C[SiH](c2ccccc2)c2ccccc2)c1C.[Cl-].[Cl-].[Cl-].[Ti+4]. The summed E-state index contributed by atoms with van der Waals surface area (Å²) in [6, 6.07) is 30.5. The van der Waals surface area contributed by atoms with E-state index < -0.39 is 8.80 Å². The monoisotopic (exact) mass is 618 g/mol. The van der Waals surface area contributed by atoms with Gasteiger partial charge in [-0.25, -0.2) is 0 Å². The maximum Gasteiger partial charge on any atom is 4.00 e. The zero-order valence-electron chi connectivity index (χ0n) is 23.3. The van der Waals surface area contributed by atoms with Gasteiger partial charge < -0.3 is 47.0 Å². The summed E-state index contributed by atoms with van der Waals surface area (Å²) in [5, 5.41) is 3.01. The van der Waals surface area contributed by atoms with Crippen LogP contribution in [0.3, 0.4) is 0 Å². The molecule has 0 spiro atoms. The van der Waals surface area contributed by atoms with Gasteiger partial charge in [-0.15, -0.1) is 16.7 Å². The number of hydrogen-bond donors (Lipinski definition) is 0. The summed E-state index contributed by atoms with van der Waals surface area (Å²) in [6.45, 7) is 6.92. The van der Waals surface area contributed by atoms with E-state index in [4.69, 9.17) is 0 Å². The van der Waals surface area contributed by atoms with E-state index in [1.54, 1.807) is 0 Å². The summed E-state index contributed by atoms with van der Waals surface area (Å²) >= 11 is 0. The molecule has 0 N–H and O–H groups in total. The van der Waals surface area contributed by atoms with Crippen molar-refractivity contribution in [2.24, 2.45) is 0 Å². The van der Waals surface area contributed by atoms with Crippen molar-refractivity contribution in [3.05, 3.63) is 101 Å². The molecule has 200 valence electrons. The van der Waals surface area contributed by atoms with Gasteiger partial charge >= 0.3 is 21.7 Å². The van der Waals surface area contributed by atoms with Crippen molar-refractivity contribution in [3.63, 3.8) is 0 Å². The predicted molar refractivity (Wildman–Crippen MR) is 153 cm³/mol. The third-order valence-corrected chi connectivity index (χ3v) is 10.5. The molecule has 0 saturated carbocycles. The molecular formula is C31H37Cl3N2SiTi. The van der Waals surface area contributed by atoms with Gasteiger partial charge in [-0.05, 0) is 6.07 Å². The molecule has 0 fully saturated rings. The van der Waals surface area contributed by atoms with Crippen LogP contribution in [0.15, 0.2) is 78.9 Å². The molecular weight excluding hydrogens is 583 g/mol. The fraction of sp³-hybridized carbons (Fsp3) is 0.258. The van der Waals surface area contributed by atoms with E-state index in [0.717, 1.165) is 6.04 Å². The molecule has 0 radical (unpaired) electrons. The first kappa shape index (κ1) is 36.4. The Kier molecular flexibility index (Phi) is 15.2. The van der Waals surface area contributed by atoms with Crippen molar-refractivity contribution in [2.45, 2.75) is 26.8 Å². The van der Waals surface area contributed by atoms with Crippen LogP contribution in [-0.2, 0) is 27.8 Å². The largest absolute Gasteiger partial charge is 4.00 e. The Hall–Kier alpha value is -1.59. The summed E-state index contributed by atoms with van der Waals surface area (Å²) < 4.78 is 0. The molecule has 4 aromatic rings. The van der Waals surface area contributed by atoms with Crippen LogP contribution in [0, 0.1) is 20.8 Å². The zero-order valence-corrected chi connectivity index (χ0v) is 28.3. The first-order valence-corrected chi connectivity index (χ1v) is 14.1. The topological polar surface area (TPSA) is 6.48 Å². The molecule has 4 rings (SSSR count). The van der Waals surface area contributed by atoms with Crippen LogP contribution in [0.5, 0.6) is 0 Å². The van der Waals surface area contributed by atoms with Gasteiger partial charge in [-0.3, -0.25) is 0 Å². The maximum atomic E-state index is 2.36. The summed E-state index contributed by atoms with van der Waals surface area (Å²) in [6.07, 6.45) is 0. The first-order chi connectivity index (χ1) is 16.3. The number of nitrogens with zero attached hydrogens (tertiary/aromatic N) is 2. The van der Waals surface area contributed by atoms with Crippen molar-refractivity contribution in [1.29, 1.82) is 0 Å². The quantitative estimate of drug-likeness (QED) is 0.155. The molecule has 0 aliphatic heterocycles. The van der Waals surface area contributed by atoms with E-state index in [2.05, 4.69) is 138 Å². The Balaban J connectivity index is 0.00000342. The molecule has 0 atom stereocenters. The molecule has 0 bridgehead atoms. The van der Waals surface area contributed by atoms with Gasteiger partial charge in [0.2, 0.25) is 0 Å². The number of benzene rings is 3. The second-order valence-electron chi connectivity index (χ2n) is 9.83. The van der Waals surface area contributed by atoms with Gasteiger partial charge in [-0.1, -0.05) is 116 Å². The average Bonchev–Trinajstić information content (AvgIpc) is 3.06. The number of rotatable bonds is 7. The van der Waals surface area contributed by atoms with E-state index >= 15 is 0 Å². The fourth-order valence-electron chi connectivity index (χ4n) is 5.01.